The number of amides is 1. The molecule has 1 aromatic carbocycles. The third kappa shape index (κ3) is 2.89. The largest absolute Gasteiger partial charge is 0.347 e. The number of nitrogens with one attached hydrogen (secondary N) is 1. The summed E-state index contributed by atoms with van der Waals surface area (Å²) in [6.07, 6.45) is 0.775. The third-order valence-corrected chi connectivity index (χ3v) is 4.86. The Labute approximate surface area is 131 Å². The van der Waals surface area contributed by atoms with Crippen LogP contribution in [0.1, 0.15) is 27.7 Å². The molecule has 22 heavy (non-hydrogen) atoms. The minimum atomic E-state index is -0.860. The van der Waals surface area contributed by atoms with Gasteiger partial charge in [0.2, 0.25) is 0 Å². The molecule has 0 bridgehead atoms. The summed E-state index contributed by atoms with van der Waals surface area (Å²) < 4.78 is 26.6. The predicted octanol–water partition coefficient (Wildman–Crippen LogP) is 3.20. The molecule has 3 rings (SSSR count). The lowest BCUT2D eigenvalue weighted by molar-refractivity contribution is 0.0932. The first-order valence-corrected chi connectivity index (χ1v) is 7.94. The van der Waals surface area contributed by atoms with Gasteiger partial charge in [-0.3, -0.25) is 9.69 Å². The second-order valence-corrected chi connectivity index (χ2v) is 6.39. The number of benzene rings is 1. The Morgan fingerprint density at radius 3 is 2.82 bits per heavy atom. The van der Waals surface area contributed by atoms with Crippen LogP contribution in [-0.2, 0) is 0 Å². The minimum Gasteiger partial charge on any atom is -0.347 e. The van der Waals surface area contributed by atoms with E-state index in [9.17, 15) is 13.6 Å². The number of likely N-dealkylation sites (N-methyl/N-ethyl adjacent to an activating group) is 1. The molecule has 1 fully saturated rings. The second kappa shape index (κ2) is 6.14. The van der Waals surface area contributed by atoms with E-state index in [1.54, 1.807) is 12.1 Å². The SMILES string of the molecule is CN1CC[C@@H](NC(=O)c2cccs2)[C@@H]1c1ccc(F)c(F)c1. The zero-order valence-electron chi connectivity index (χ0n) is 12.1. The summed E-state index contributed by atoms with van der Waals surface area (Å²) in [6.45, 7) is 0.791. The molecule has 1 aliphatic heterocycles. The number of hydrogen-bond donors (Lipinski definition) is 1. The second-order valence-electron chi connectivity index (χ2n) is 5.44. The molecule has 3 nitrogen and oxygen atoms in total. The number of rotatable bonds is 3. The van der Waals surface area contributed by atoms with Crippen molar-refractivity contribution in [1.82, 2.24) is 10.2 Å². The molecular weight excluding hydrogens is 306 g/mol. The van der Waals surface area contributed by atoms with Crippen LogP contribution in [0.2, 0.25) is 0 Å². The first-order chi connectivity index (χ1) is 10.6. The summed E-state index contributed by atoms with van der Waals surface area (Å²) in [5.41, 5.74) is 0.676. The molecule has 2 heterocycles. The van der Waals surface area contributed by atoms with Crippen molar-refractivity contribution in [2.45, 2.75) is 18.5 Å². The molecular formula is C16H16F2N2OS. The Balaban J connectivity index is 1.81. The van der Waals surface area contributed by atoms with Gasteiger partial charge in [0.05, 0.1) is 17.0 Å². The Bertz CT molecular complexity index is 675. The zero-order chi connectivity index (χ0) is 15.7. The lowest BCUT2D eigenvalue weighted by Gasteiger charge is -2.26. The number of likely N-dealkylation sites (tertiary alicyclic amines) is 1. The van der Waals surface area contributed by atoms with Crippen LogP contribution in [0, 0.1) is 11.6 Å². The maximum Gasteiger partial charge on any atom is 0.261 e. The molecule has 1 N–H and O–H groups in total. The predicted molar refractivity (Wildman–Crippen MR) is 81.9 cm³/mol. The van der Waals surface area contributed by atoms with Crippen molar-refractivity contribution in [3.8, 4) is 0 Å². The van der Waals surface area contributed by atoms with Crippen molar-refractivity contribution in [1.29, 1.82) is 0 Å². The van der Waals surface area contributed by atoms with Gasteiger partial charge in [0.1, 0.15) is 0 Å². The van der Waals surface area contributed by atoms with Gasteiger partial charge in [0, 0.05) is 6.54 Å². The number of thiophene rings is 1. The topological polar surface area (TPSA) is 32.3 Å². The molecule has 1 aliphatic rings. The number of carbonyl (C=O) groups is 1. The third-order valence-electron chi connectivity index (χ3n) is 4.00. The smallest absolute Gasteiger partial charge is 0.261 e. The monoisotopic (exact) mass is 322 g/mol. The summed E-state index contributed by atoms with van der Waals surface area (Å²) in [6, 6.07) is 7.25. The molecule has 1 saturated heterocycles. The highest BCUT2D eigenvalue weighted by Crippen LogP contribution is 2.32. The van der Waals surface area contributed by atoms with Gasteiger partial charge in [-0.25, -0.2) is 8.78 Å². The minimum absolute atomic E-state index is 0.121. The van der Waals surface area contributed by atoms with E-state index in [0.29, 0.717) is 10.4 Å². The van der Waals surface area contributed by atoms with Gasteiger partial charge >= 0.3 is 0 Å². The van der Waals surface area contributed by atoms with E-state index in [1.807, 2.05) is 23.4 Å². The van der Waals surface area contributed by atoms with Gasteiger partial charge < -0.3 is 5.32 Å². The normalized spacial score (nSPS) is 22.0. The molecule has 2 aromatic rings. The van der Waals surface area contributed by atoms with Crippen molar-refractivity contribution in [3.63, 3.8) is 0 Å². The molecule has 2 atom stereocenters. The molecule has 0 spiro atoms. The van der Waals surface area contributed by atoms with Gasteiger partial charge in [0.15, 0.2) is 11.6 Å². The molecule has 1 amide bonds. The first kappa shape index (κ1) is 15.1. The molecule has 0 aliphatic carbocycles. The average Bonchev–Trinajstić information content (AvgIpc) is 3.13. The maximum absolute atomic E-state index is 13.5. The Morgan fingerprint density at radius 2 is 2.14 bits per heavy atom. The summed E-state index contributed by atoms with van der Waals surface area (Å²) in [4.78, 5) is 14.9. The van der Waals surface area contributed by atoms with Crippen LogP contribution in [0.15, 0.2) is 35.7 Å². The maximum atomic E-state index is 13.5. The quantitative estimate of drug-likeness (QED) is 0.941. The molecule has 0 radical (unpaired) electrons. The van der Waals surface area contributed by atoms with Crippen molar-refractivity contribution >= 4 is 17.2 Å². The van der Waals surface area contributed by atoms with Crippen LogP contribution in [0.5, 0.6) is 0 Å². The lowest BCUT2D eigenvalue weighted by Crippen LogP contribution is -2.38. The number of hydrogen-bond acceptors (Lipinski definition) is 3. The van der Waals surface area contributed by atoms with Gasteiger partial charge in [-0.15, -0.1) is 11.3 Å². The number of nitrogens with zero attached hydrogens (tertiary/aromatic N) is 1. The van der Waals surface area contributed by atoms with Gasteiger partial charge in [0.25, 0.3) is 5.91 Å². The van der Waals surface area contributed by atoms with Crippen LogP contribution < -0.4 is 5.32 Å². The lowest BCUT2D eigenvalue weighted by atomic mass is 10.00. The van der Waals surface area contributed by atoms with Crippen LogP contribution in [-0.4, -0.2) is 30.4 Å². The highest BCUT2D eigenvalue weighted by molar-refractivity contribution is 7.12. The average molecular weight is 322 g/mol. The summed E-state index contributed by atoms with van der Waals surface area (Å²) in [5, 5.41) is 4.86. The standard InChI is InChI=1S/C16H16F2N2OS/c1-20-7-6-13(19-16(21)14-3-2-8-22-14)15(20)10-4-5-11(17)12(18)9-10/h2-5,8-9,13,15H,6-7H2,1H3,(H,19,21)/t13-,15+/m1/s1. The van der Waals surface area contributed by atoms with E-state index < -0.39 is 11.6 Å². The van der Waals surface area contributed by atoms with Crippen LogP contribution in [0.4, 0.5) is 8.78 Å². The Kier molecular flexibility index (Phi) is 4.22. The number of carbonyl (C=O) groups excluding carboxylic acids is 1. The van der Waals surface area contributed by atoms with E-state index >= 15 is 0 Å². The summed E-state index contributed by atoms with van der Waals surface area (Å²) in [7, 11) is 1.92. The van der Waals surface area contributed by atoms with E-state index in [-0.39, 0.29) is 18.0 Å². The van der Waals surface area contributed by atoms with E-state index in [1.165, 1.54) is 17.4 Å². The fourth-order valence-electron chi connectivity index (χ4n) is 2.93. The molecule has 1 aromatic heterocycles. The van der Waals surface area contributed by atoms with Gasteiger partial charge in [-0.1, -0.05) is 12.1 Å². The molecule has 116 valence electrons. The molecule has 0 saturated carbocycles. The van der Waals surface area contributed by atoms with Crippen molar-refractivity contribution in [2.75, 3.05) is 13.6 Å². The fourth-order valence-corrected chi connectivity index (χ4v) is 3.56. The van der Waals surface area contributed by atoms with E-state index in [2.05, 4.69) is 5.32 Å². The van der Waals surface area contributed by atoms with Crippen molar-refractivity contribution in [3.05, 3.63) is 57.8 Å². The highest BCUT2D eigenvalue weighted by atomic mass is 32.1. The zero-order valence-corrected chi connectivity index (χ0v) is 12.9. The molecule has 0 unspecified atom stereocenters. The number of halogens is 2. The van der Waals surface area contributed by atoms with Crippen LogP contribution in [0.25, 0.3) is 0 Å². The van der Waals surface area contributed by atoms with E-state index in [0.717, 1.165) is 19.0 Å². The van der Waals surface area contributed by atoms with Crippen molar-refractivity contribution in [2.24, 2.45) is 0 Å². The van der Waals surface area contributed by atoms with Gasteiger partial charge in [-0.05, 0) is 42.6 Å². The Hall–Kier alpha value is -1.79. The highest BCUT2D eigenvalue weighted by Gasteiger charge is 2.34. The van der Waals surface area contributed by atoms with Crippen molar-refractivity contribution < 1.29 is 13.6 Å². The first-order valence-electron chi connectivity index (χ1n) is 7.06. The molecule has 6 heteroatoms. The Morgan fingerprint density at radius 1 is 1.32 bits per heavy atom. The van der Waals surface area contributed by atoms with Gasteiger partial charge in [-0.2, -0.15) is 0 Å². The fraction of sp³-hybridized carbons (Fsp3) is 0.312. The van der Waals surface area contributed by atoms with Crippen LogP contribution >= 0.6 is 11.3 Å². The summed E-state index contributed by atoms with van der Waals surface area (Å²) in [5.74, 6) is -1.84. The van der Waals surface area contributed by atoms with Crippen LogP contribution in [0.3, 0.4) is 0 Å². The van der Waals surface area contributed by atoms with E-state index in [4.69, 9.17) is 0 Å². The summed E-state index contributed by atoms with van der Waals surface area (Å²) >= 11 is 1.38.